The highest BCUT2D eigenvalue weighted by Gasteiger charge is 2.27. The normalized spacial score (nSPS) is 24.9. The van der Waals surface area contributed by atoms with Gasteiger partial charge < -0.3 is 15.7 Å². The topological polar surface area (TPSA) is 97.3 Å². The lowest BCUT2D eigenvalue weighted by Crippen LogP contribution is -2.35. The second-order valence-electron chi connectivity index (χ2n) is 5.03. The van der Waals surface area contributed by atoms with E-state index in [9.17, 15) is 9.90 Å². The van der Waals surface area contributed by atoms with Gasteiger partial charge in [-0.05, 0) is 26.2 Å². The molecule has 1 aliphatic rings. The number of carbonyl (C=O) groups is 1. The molecule has 0 aromatic carbocycles. The number of anilines is 1. The van der Waals surface area contributed by atoms with Gasteiger partial charge >= 0.3 is 0 Å². The minimum Gasteiger partial charge on any atom is -0.390 e. The summed E-state index contributed by atoms with van der Waals surface area (Å²) in [6, 6.07) is 0. The van der Waals surface area contributed by atoms with Crippen LogP contribution in [-0.4, -0.2) is 49.4 Å². The summed E-state index contributed by atoms with van der Waals surface area (Å²) in [5.74, 6) is 0.152. The van der Waals surface area contributed by atoms with E-state index in [1.165, 1.54) is 11.0 Å². The number of hydrogen-bond acceptors (Lipinski definition) is 5. The average molecular weight is 253 g/mol. The van der Waals surface area contributed by atoms with Crippen molar-refractivity contribution in [3.05, 3.63) is 6.33 Å². The van der Waals surface area contributed by atoms with Crippen molar-refractivity contribution in [2.24, 2.45) is 0 Å². The van der Waals surface area contributed by atoms with Gasteiger partial charge in [-0.25, -0.2) is 9.67 Å². The molecule has 18 heavy (non-hydrogen) atoms. The SMILES string of the molecule is CC1(O)CCCN(C(=O)Cn2cnc(N)n2)CC1. The van der Waals surface area contributed by atoms with E-state index < -0.39 is 5.60 Å². The maximum Gasteiger partial charge on any atom is 0.244 e. The maximum atomic E-state index is 12.1. The molecule has 1 aromatic heterocycles. The van der Waals surface area contributed by atoms with Crippen LogP contribution in [-0.2, 0) is 11.3 Å². The molecule has 0 bridgehead atoms. The molecule has 1 atom stereocenters. The van der Waals surface area contributed by atoms with E-state index in [0.29, 0.717) is 19.5 Å². The highest BCUT2D eigenvalue weighted by Crippen LogP contribution is 2.21. The third kappa shape index (κ3) is 3.19. The van der Waals surface area contributed by atoms with Crippen LogP contribution in [0.5, 0.6) is 0 Å². The quantitative estimate of drug-likeness (QED) is 0.749. The van der Waals surface area contributed by atoms with Gasteiger partial charge in [0.15, 0.2) is 0 Å². The van der Waals surface area contributed by atoms with E-state index in [-0.39, 0.29) is 18.4 Å². The van der Waals surface area contributed by atoms with Gasteiger partial charge in [0.05, 0.1) is 5.60 Å². The number of nitrogen functional groups attached to an aromatic ring is 1. The molecule has 7 nitrogen and oxygen atoms in total. The van der Waals surface area contributed by atoms with Crippen molar-refractivity contribution < 1.29 is 9.90 Å². The molecule has 1 aromatic rings. The first-order valence-corrected chi connectivity index (χ1v) is 6.11. The number of rotatable bonds is 2. The van der Waals surface area contributed by atoms with Crippen molar-refractivity contribution in [1.29, 1.82) is 0 Å². The van der Waals surface area contributed by atoms with Crippen LogP contribution in [0, 0.1) is 0 Å². The highest BCUT2D eigenvalue weighted by molar-refractivity contribution is 5.75. The van der Waals surface area contributed by atoms with E-state index in [4.69, 9.17) is 5.73 Å². The summed E-state index contributed by atoms with van der Waals surface area (Å²) in [5.41, 5.74) is 4.73. The molecule has 1 aliphatic heterocycles. The first-order chi connectivity index (χ1) is 8.46. The smallest absolute Gasteiger partial charge is 0.244 e. The fourth-order valence-corrected chi connectivity index (χ4v) is 2.14. The lowest BCUT2D eigenvalue weighted by atomic mass is 9.98. The molecular weight excluding hydrogens is 234 g/mol. The summed E-state index contributed by atoms with van der Waals surface area (Å²) in [7, 11) is 0. The van der Waals surface area contributed by atoms with Crippen LogP contribution >= 0.6 is 0 Å². The van der Waals surface area contributed by atoms with Crippen molar-refractivity contribution >= 4 is 11.9 Å². The monoisotopic (exact) mass is 253 g/mol. The largest absolute Gasteiger partial charge is 0.390 e. The van der Waals surface area contributed by atoms with Gasteiger partial charge in [0, 0.05) is 13.1 Å². The minimum atomic E-state index is -0.660. The molecule has 1 amide bonds. The number of amides is 1. The number of nitrogens with two attached hydrogens (primary N) is 1. The van der Waals surface area contributed by atoms with Crippen LogP contribution in [0.25, 0.3) is 0 Å². The highest BCUT2D eigenvalue weighted by atomic mass is 16.3. The Kier molecular flexibility index (Phi) is 3.51. The van der Waals surface area contributed by atoms with Crippen LogP contribution < -0.4 is 5.73 Å². The zero-order valence-corrected chi connectivity index (χ0v) is 10.5. The van der Waals surface area contributed by atoms with Gasteiger partial charge in [0.1, 0.15) is 12.9 Å². The van der Waals surface area contributed by atoms with E-state index in [1.54, 1.807) is 4.90 Å². The summed E-state index contributed by atoms with van der Waals surface area (Å²) >= 11 is 0. The predicted octanol–water partition coefficient (Wildman–Crippen LogP) is -0.376. The molecule has 1 fully saturated rings. The van der Waals surface area contributed by atoms with Crippen LogP contribution in [0.3, 0.4) is 0 Å². The number of aromatic nitrogens is 3. The Balaban J connectivity index is 1.93. The van der Waals surface area contributed by atoms with Crippen LogP contribution in [0.2, 0.25) is 0 Å². The summed E-state index contributed by atoms with van der Waals surface area (Å²) < 4.78 is 1.43. The van der Waals surface area contributed by atoms with Gasteiger partial charge in [-0.2, -0.15) is 0 Å². The van der Waals surface area contributed by atoms with Crippen molar-refractivity contribution in [3.8, 4) is 0 Å². The zero-order chi connectivity index (χ0) is 13.2. The number of likely N-dealkylation sites (tertiary alicyclic amines) is 1. The predicted molar refractivity (Wildman–Crippen MR) is 65.5 cm³/mol. The van der Waals surface area contributed by atoms with Crippen molar-refractivity contribution in [2.45, 2.75) is 38.3 Å². The standard InChI is InChI=1S/C11H19N5O2/c1-11(18)3-2-5-15(6-4-11)9(17)7-16-8-13-10(12)14-16/h8,18H,2-7H2,1H3,(H2,12,14). The summed E-state index contributed by atoms with van der Waals surface area (Å²) in [5, 5.41) is 13.8. The van der Waals surface area contributed by atoms with Crippen LogP contribution in [0.15, 0.2) is 6.33 Å². The van der Waals surface area contributed by atoms with Crippen LogP contribution in [0.1, 0.15) is 26.2 Å². The molecule has 0 aliphatic carbocycles. The van der Waals surface area contributed by atoms with E-state index in [0.717, 1.165) is 12.8 Å². The Morgan fingerprint density at radius 2 is 2.33 bits per heavy atom. The third-order valence-corrected chi connectivity index (χ3v) is 3.27. The molecule has 3 N–H and O–H groups in total. The van der Waals surface area contributed by atoms with Gasteiger partial charge in [-0.15, -0.1) is 5.10 Å². The first kappa shape index (κ1) is 12.8. The molecule has 1 unspecified atom stereocenters. The second-order valence-corrected chi connectivity index (χ2v) is 5.03. The van der Waals surface area contributed by atoms with Gasteiger partial charge in [0.25, 0.3) is 0 Å². The Morgan fingerprint density at radius 1 is 1.56 bits per heavy atom. The number of hydrogen-bond donors (Lipinski definition) is 2. The summed E-state index contributed by atoms with van der Waals surface area (Å²) in [4.78, 5) is 17.6. The zero-order valence-electron chi connectivity index (χ0n) is 10.5. The van der Waals surface area contributed by atoms with Crippen molar-refractivity contribution in [2.75, 3.05) is 18.8 Å². The molecule has 2 heterocycles. The Morgan fingerprint density at radius 3 is 3.00 bits per heavy atom. The minimum absolute atomic E-state index is 0.0161. The molecule has 0 saturated carbocycles. The molecule has 0 spiro atoms. The van der Waals surface area contributed by atoms with Crippen molar-refractivity contribution in [3.63, 3.8) is 0 Å². The molecule has 100 valence electrons. The summed E-state index contributed by atoms with van der Waals surface area (Å²) in [6.45, 7) is 3.22. The molecule has 1 saturated heterocycles. The Hall–Kier alpha value is -1.63. The molecule has 7 heteroatoms. The molecular formula is C11H19N5O2. The lowest BCUT2D eigenvalue weighted by Gasteiger charge is -2.22. The third-order valence-electron chi connectivity index (χ3n) is 3.27. The fourth-order valence-electron chi connectivity index (χ4n) is 2.14. The fraction of sp³-hybridized carbons (Fsp3) is 0.727. The van der Waals surface area contributed by atoms with Crippen molar-refractivity contribution in [1.82, 2.24) is 19.7 Å². The number of carbonyl (C=O) groups excluding carboxylic acids is 1. The Bertz CT molecular complexity index is 429. The molecule has 2 rings (SSSR count). The average Bonchev–Trinajstić information content (AvgIpc) is 2.58. The van der Waals surface area contributed by atoms with E-state index in [2.05, 4.69) is 10.1 Å². The number of nitrogens with zero attached hydrogens (tertiary/aromatic N) is 4. The second kappa shape index (κ2) is 4.93. The van der Waals surface area contributed by atoms with E-state index >= 15 is 0 Å². The van der Waals surface area contributed by atoms with Gasteiger partial charge in [0.2, 0.25) is 11.9 Å². The maximum absolute atomic E-state index is 12.1. The number of aliphatic hydroxyl groups is 1. The lowest BCUT2D eigenvalue weighted by molar-refractivity contribution is -0.132. The molecule has 0 radical (unpaired) electrons. The van der Waals surface area contributed by atoms with Gasteiger partial charge in [-0.3, -0.25) is 4.79 Å². The summed E-state index contributed by atoms with van der Waals surface area (Å²) in [6.07, 6.45) is 3.60. The van der Waals surface area contributed by atoms with Crippen LogP contribution in [0.4, 0.5) is 5.95 Å². The van der Waals surface area contributed by atoms with Gasteiger partial charge in [-0.1, -0.05) is 0 Å². The van der Waals surface area contributed by atoms with E-state index in [1.807, 2.05) is 6.92 Å². The first-order valence-electron chi connectivity index (χ1n) is 6.11. The Labute approximate surface area is 106 Å².